The summed E-state index contributed by atoms with van der Waals surface area (Å²) >= 11 is 6.09. The van der Waals surface area contributed by atoms with E-state index in [0.717, 1.165) is 5.69 Å². The van der Waals surface area contributed by atoms with Crippen LogP contribution in [0.2, 0.25) is 5.02 Å². The van der Waals surface area contributed by atoms with E-state index < -0.39 is 0 Å². The summed E-state index contributed by atoms with van der Waals surface area (Å²) in [7, 11) is 0. The molecule has 0 bridgehead atoms. The molecule has 0 atom stereocenters. The molecule has 5 nitrogen and oxygen atoms in total. The first-order valence-corrected chi connectivity index (χ1v) is 8.37. The van der Waals surface area contributed by atoms with Gasteiger partial charge in [0.25, 0.3) is 5.91 Å². The average Bonchev–Trinajstić information content (AvgIpc) is 3.13. The standard InChI is InChI=1S/C19H16ClN3O2/c20-17-3-1-2-4-18(17)25-16-11-23(12-16)19(24)14-5-7-15(8-6-14)22-10-9-21-13-22/h1-10,13,16H,11-12H2. The van der Waals surface area contributed by atoms with E-state index in [1.54, 1.807) is 23.5 Å². The van der Waals surface area contributed by atoms with Gasteiger partial charge in [0, 0.05) is 23.6 Å². The second-order valence-electron chi connectivity index (χ2n) is 5.90. The van der Waals surface area contributed by atoms with E-state index in [-0.39, 0.29) is 12.0 Å². The molecule has 2 heterocycles. The Labute approximate surface area is 150 Å². The molecule has 6 heteroatoms. The fraction of sp³-hybridized carbons (Fsp3) is 0.158. The van der Waals surface area contributed by atoms with Crippen molar-refractivity contribution in [3.63, 3.8) is 0 Å². The Morgan fingerprint density at radius 2 is 1.88 bits per heavy atom. The van der Waals surface area contributed by atoms with E-state index in [0.29, 0.717) is 29.4 Å². The summed E-state index contributed by atoms with van der Waals surface area (Å²) in [5.74, 6) is 0.669. The molecular weight excluding hydrogens is 338 g/mol. The number of amides is 1. The van der Waals surface area contributed by atoms with Crippen molar-refractivity contribution in [3.05, 3.63) is 77.8 Å². The van der Waals surface area contributed by atoms with Gasteiger partial charge in [-0.25, -0.2) is 4.98 Å². The summed E-state index contributed by atoms with van der Waals surface area (Å²) in [6, 6.07) is 14.9. The highest BCUT2D eigenvalue weighted by molar-refractivity contribution is 6.32. The van der Waals surface area contributed by atoms with Gasteiger partial charge in [-0.2, -0.15) is 0 Å². The first kappa shape index (κ1) is 15.7. The molecule has 1 saturated heterocycles. The Hall–Kier alpha value is -2.79. The fourth-order valence-corrected chi connectivity index (χ4v) is 2.95. The number of carbonyl (C=O) groups is 1. The van der Waals surface area contributed by atoms with Crippen LogP contribution in [0.15, 0.2) is 67.3 Å². The predicted molar refractivity (Wildman–Crippen MR) is 95.3 cm³/mol. The van der Waals surface area contributed by atoms with E-state index in [2.05, 4.69) is 4.98 Å². The minimum absolute atomic E-state index is 0.0104. The second kappa shape index (κ2) is 6.61. The molecule has 1 fully saturated rings. The number of ether oxygens (including phenoxy) is 1. The molecule has 3 aromatic rings. The molecule has 0 unspecified atom stereocenters. The number of benzene rings is 2. The first-order valence-electron chi connectivity index (χ1n) is 7.99. The number of carbonyl (C=O) groups excluding carboxylic acids is 1. The zero-order valence-corrected chi connectivity index (χ0v) is 14.1. The van der Waals surface area contributed by atoms with Crippen molar-refractivity contribution in [1.82, 2.24) is 14.5 Å². The third-order valence-electron chi connectivity index (χ3n) is 4.18. The zero-order valence-electron chi connectivity index (χ0n) is 13.4. The van der Waals surface area contributed by atoms with E-state index in [1.165, 1.54) is 0 Å². The summed E-state index contributed by atoms with van der Waals surface area (Å²) in [4.78, 5) is 18.3. The van der Waals surface area contributed by atoms with Gasteiger partial charge in [0.1, 0.15) is 11.9 Å². The summed E-state index contributed by atoms with van der Waals surface area (Å²) in [5, 5.41) is 0.586. The Bertz CT molecular complexity index is 872. The quantitative estimate of drug-likeness (QED) is 0.722. The van der Waals surface area contributed by atoms with Crippen LogP contribution in [0.1, 0.15) is 10.4 Å². The van der Waals surface area contributed by atoms with Crippen molar-refractivity contribution in [2.45, 2.75) is 6.10 Å². The minimum atomic E-state index is -0.0194. The summed E-state index contributed by atoms with van der Waals surface area (Å²) < 4.78 is 7.72. The highest BCUT2D eigenvalue weighted by Gasteiger charge is 2.33. The number of imidazole rings is 1. The van der Waals surface area contributed by atoms with Crippen molar-refractivity contribution in [2.24, 2.45) is 0 Å². The lowest BCUT2D eigenvalue weighted by Crippen LogP contribution is -2.56. The van der Waals surface area contributed by atoms with Gasteiger partial charge in [0.05, 0.1) is 24.4 Å². The molecule has 126 valence electrons. The van der Waals surface area contributed by atoms with Gasteiger partial charge in [-0.1, -0.05) is 23.7 Å². The largest absolute Gasteiger partial charge is 0.485 e. The Balaban J connectivity index is 1.36. The first-order chi connectivity index (χ1) is 12.2. The maximum Gasteiger partial charge on any atom is 0.254 e. The van der Waals surface area contributed by atoms with Crippen molar-refractivity contribution >= 4 is 17.5 Å². The number of rotatable bonds is 4. The van der Waals surface area contributed by atoms with Crippen LogP contribution < -0.4 is 4.74 Å². The third kappa shape index (κ3) is 3.23. The highest BCUT2D eigenvalue weighted by Crippen LogP contribution is 2.27. The lowest BCUT2D eigenvalue weighted by molar-refractivity contribution is 0.0178. The Morgan fingerprint density at radius 3 is 2.56 bits per heavy atom. The van der Waals surface area contributed by atoms with E-state index in [9.17, 15) is 4.79 Å². The van der Waals surface area contributed by atoms with Gasteiger partial charge in [-0.05, 0) is 36.4 Å². The number of hydrogen-bond acceptors (Lipinski definition) is 3. The van der Waals surface area contributed by atoms with Crippen molar-refractivity contribution in [1.29, 1.82) is 0 Å². The topological polar surface area (TPSA) is 47.4 Å². The highest BCUT2D eigenvalue weighted by atomic mass is 35.5. The van der Waals surface area contributed by atoms with Crippen LogP contribution in [-0.2, 0) is 0 Å². The summed E-state index contributed by atoms with van der Waals surface area (Å²) in [6.45, 7) is 1.13. The van der Waals surface area contributed by atoms with E-state index >= 15 is 0 Å². The van der Waals surface area contributed by atoms with Gasteiger partial charge in [0.15, 0.2) is 0 Å². The number of aromatic nitrogens is 2. The third-order valence-corrected chi connectivity index (χ3v) is 4.49. The van der Waals surface area contributed by atoms with Crippen LogP contribution >= 0.6 is 11.6 Å². The van der Waals surface area contributed by atoms with Gasteiger partial charge in [-0.3, -0.25) is 4.79 Å². The molecule has 2 aromatic carbocycles. The number of para-hydroxylation sites is 1. The normalized spacial score (nSPS) is 14.2. The van der Waals surface area contributed by atoms with E-state index in [1.807, 2.05) is 53.2 Å². The molecule has 4 rings (SSSR count). The average molecular weight is 354 g/mol. The number of nitrogens with zero attached hydrogens (tertiary/aromatic N) is 3. The van der Waals surface area contributed by atoms with Gasteiger partial charge in [0.2, 0.25) is 0 Å². The maximum atomic E-state index is 12.5. The number of hydrogen-bond donors (Lipinski definition) is 0. The second-order valence-corrected chi connectivity index (χ2v) is 6.30. The van der Waals surface area contributed by atoms with Crippen molar-refractivity contribution in [2.75, 3.05) is 13.1 Å². The monoisotopic (exact) mass is 353 g/mol. The van der Waals surface area contributed by atoms with Crippen LogP contribution in [0, 0.1) is 0 Å². The predicted octanol–water partition coefficient (Wildman–Crippen LogP) is 3.43. The van der Waals surface area contributed by atoms with Crippen molar-refractivity contribution < 1.29 is 9.53 Å². The molecule has 1 amide bonds. The van der Waals surface area contributed by atoms with E-state index in [4.69, 9.17) is 16.3 Å². The molecule has 1 aliphatic heterocycles. The van der Waals surface area contributed by atoms with Crippen LogP contribution in [0.5, 0.6) is 5.75 Å². The fourth-order valence-electron chi connectivity index (χ4n) is 2.77. The molecule has 1 aromatic heterocycles. The van der Waals surface area contributed by atoms with Crippen LogP contribution in [0.3, 0.4) is 0 Å². The van der Waals surface area contributed by atoms with Gasteiger partial charge in [-0.15, -0.1) is 0 Å². The molecule has 0 saturated carbocycles. The van der Waals surface area contributed by atoms with Crippen molar-refractivity contribution in [3.8, 4) is 11.4 Å². The van der Waals surface area contributed by atoms with Gasteiger partial charge < -0.3 is 14.2 Å². The van der Waals surface area contributed by atoms with Crippen LogP contribution in [-0.4, -0.2) is 39.6 Å². The smallest absolute Gasteiger partial charge is 0.254 e. The Kier molecular flexibility index (Phi) is 4.15. The van der Waals surface area contributed by atoms with Gasteiger partial charge >= 0.3 is 0 Å². The molecule has 0 N–H and O–H groups in total. The lowest BCUT2D eigenvalue weighted by Gasteiger charge is -2.39. The Morgan fingerprint density at radius 1 is 1.12 bits per heavy atom. The maximum absolute atomic E-state index is 12.5. The minimum Gasteiger partial charge on any atom is -0.485 e. The molecule has 0 spiro atoms. The lowest BCUT2D eigenvalue weighted by atomic mass is 10.1. The van der Waals surface area contributed by atoms with Crippen LogP contribution in [0.25, 0.3) is 5.69 Å². The zero-order chi connectivity index (χ0) is 17.2. The number of likely N-dealkylation sites (tertiary alicyclic amines) is 1. The molecule has 1 aliphatic rings. The number of halogens is 1. The summed E-state index contributed by atoms with van der Waals surface area (Å²) in [5.41, 5.74) is 1.64. The molecule has 25 heavy (non-hydrogen) atoms. The molecule has 0 radical (unpaired) electrons. The SMILES string of the molecule is O=C(c1ccc(-n2ccnc2)cc1)N1CC(Oc2ccccc2Cl)C1. The van der Waals surface area contributed by atoms with Crippen LogP contribution in [0.4, 0.5) is 0 Å². The molecular formula is C19H16ClN3O2. The molecule has 0 aliphatic carbocycles. The summed E-state index contributed by atoms with van der Waals surface area (Å²) in [6.07, 6.45) is 5.29.